The molecule has 3 nitrogen and oxygen atoms in total. The number of ether oxygens (including phenoxy) is 1. The van der Waals surface area contributed by atoms with E-state index in [2.05, 4.69) is 13.5 Å². The van der Waals surface area contributed by atoms with Crippen molar-refractivity contribution >= 4 is 23.2 Å². The Bertz CT molecular complexity index is 514. The second-order valence-electron chi connectivity index (χ2n) is 5.22. The summed E-state index contributed by atoms with van der Waals surface area (Å²) in [5.41, 5.74) is 2.90. The molecule has 1 amide bonds. The molecule has 0 atom stereocenters. The van der Waals surface area contributed by atoms with Crippen molar-refractivity contribution in [3.63, 3.8) is 0 Å². The zero-order chi connectivity index (χ0) is 16.5. The van der Waals surface area contributed by atoms with Gasteiger partial charge in [-0.2, -0.15) is 0 Å². The smallest absolute Gasteiger partial charge is 0.225 e. The first-order valence-electron chi connectivity index (χ1n) is 7.83. The Morgan fingerprint density at radius 3 is 2.68 bits per heavy atom. The third kappa shape index (κ3) is 4.85. The molecule has 0 aliphatic heterocycles. The molecular weight excluding hydrogens is 298 g/mol. The number of allylic oxidation sites excluding steroid dienone is 1. The van der Waals surface area contributed by atoms with Crippen molar-refractivity contribution in [2.24, 2.45) is 0 Å². The standard InChI is InChI=1S/C18H26ClNO2/c1-5-8-12-22-13-20(14(4)21)18-15(9-6-2)10-11-17(19)16(18)7-3/h6,10-11H,2,5,7-9,12-13H2,1,3-4H3. The van der Waals surface area contributed by atoms with Gasteiger partial charge in [0.25, 0.3) is 0 Å². The number of halogens is 1. The molecule has 1 aromatic carbocycles. The summed E-state index contributed by atoms with van der Waals surface area (Å²) in [6, 6.07) is 3.85. The molecule has 4 heteroatoms. The highest BCUT2D eigenvalue weighted by atomic mass is 35.5. The minimum absolute atomic E-state index is 0.0428. The number of anilines is 1. The first kappa shape index (κ1) is 18.7. The van der Waals surface area contributed by atoms with Gasteiger partial charge in [0.15, 0.2) is 0 Å². The number of amides is 1. The van der Waals surface area contributed by atoms with Gasteiger partial charge in [0, 0.05) is 18.6 Å². The van der Waals surface area contributed by atoms with Crippen LogP contribution in [0.4, 0.5) is 5.69 Å². The van der Waals surface area contributed by atoms with E-state index in [1.165, 1.54) is 0 Å². The monoisotopic (exact) mass is 323 g/mol. The van der Waals surface area contributed by atoms with Crippen LogP contribution < -0.4 is 4.90 Å². The van der Waals surface area contributed by atoms with E-state index in [0.717, 1.165) is 36.1 Å². The van der Waals surface area contributed by atoms with E-state index in [1.807, 2.05) is 25.1 Å². The first-order valence-corrected chi connectivity index (χ1v) is 8.21. The summed E-state index contributed by atoms with van der Waals surface area (Å²) in [5.74, 6) is -0.0428. The number of benzene rings is 1. The molecule has 0 bridgehead atoms. The van der Waals surface area contributed by atoms with Crippen LogP contribution in [0.2, 0.25) is 5.02 Å². The topological polar surface area (TPSA) is 29.5 Å². The SMILES string of the molecule is C=CCc1ccc(Cl)c(CC)c1N(COCCCC)C(C)=O. The van der Waals surface area contributed by atoms with Gasteiger partial charge in [-0.3, -0.25) is 9.69 Å². The van der Waals surface area contributed by atoms with Crippen LogP contribution in [0.5, 0.6) is 0 Å². The summed E-state index contributed by atoms with van der Waals surface area (Å²) in [5, 5.41) is 0.685. The van der Waals surface area contributed by atoms with Gasteiger partial charge >= 0.3 is 0 Å². The normalized spacial score (nSPS) is 10.5. The number of hydrogen-bond acceptors (Lipinski definition) is 2. The van der Waals surface area contributed by atoms with Crippen LogP contribution in [0.25, 0.3) is 0 Å². The van der Waals surface area contributed by atoms with Crippen molar-refractivity contribution in [2.75, 3.05) is 18.2 Å². The maximum absolute atomic E-state index is 12.1. The van der Waals surface area contributed by atoms with E-state index in [9.17, 15) is 4.79 Å². The van der Waals surface area contributed by atoms with Crippen LogP contribution in [0.3, 0.4) is 0 Å². The van der Waals surface area contributed by atoms with E-state index in [0.29, 0.717) is 18.1 Å². The van der Waals surface area contributed by atoms with Crippen molar-refractivity contribution in [1.82, 2.24) is 0 Å². The molecule has 0 radical (unpaired) electrons. The lowest BCUT2D eigenvalue weighted by Gasteiger charge is -2.27. The van der Waals surface area contributed by atoms with Gasteiger partial charge in [0.05, 0.1) is 5.69 Å². The van der Waals surface area contributed by atoms with Crippen LogP contribution in [-0.4, -0.2) is 19.2 Å². The fourth-order valence-electron chi connectivity index (χ4n) is 2.37. The van der Waals surface area contributed by atoms with Gasteiger partial charge in [-0.25, -0.2) is 0 Å². The fourth-order valence-corrected chi connectivity index (χ4v) is 2.65. The third-order valence-corrected chi connectivity index (χ3v) is 3.89. The number of nitrogens with zero attached hydrogens (tertiary/aromatic N) is 1. The van der Waals surface area contributed by atoms with E-state index in [4.69, 9.17) is 16.3 Å². The molecular formula is C18H26ClNO2. The molecule has 22 heavy (non-hydrogen) atoms. The largest absolute Gasteiger partial charge is 0.361 e. The van der Waals surface area contributed by atoms with Crippen molar-refractivity contribution < 1.29 is 9.53 Å². The molecule has 0 aliphatic rings. The molecule has 0 aliphatic carbocycles. The van der Waals surface area contributed by atoms with Crippen molar-refractivity contribution in [3.8, 4) is 0 Å². The summed E-state index contributed by atoms with van der Waals surface area (Å²) >= 11 is 6.33. The Morgan fingerprint density at radius 2 is 2.14 bits per heavy atom. The highest BCUT2D eigenvalue weighted by molar-refractivity contribution is 6.32. The Labute approximate surface area is 138 Å². The third-order valence-electron chi connectivity index (χ3n) is 3.54. The van der Waals surface area contributed by atoms with Crippen LogP contribution >= 0.6 is 11.6 Å². The minimum atomic E-state index is -0.0428. The molecule has 122 valence electrons. The Hall–Kier alpha value is -1.32. The lowest BCUT2D eigenvalue weighted by atomic mass is 10.0. The number of carbonyl (C=O) groups is 1. The number of carbonyl (C=O) groups excluding carboxylic acids is 1. The van der Waals surface area contributed by atoms with E-state index < -0.39 is 0 Å². The van der Waals surface area contributed by atoms with E-state index in [1.54, 1.807) is 11.8 Å². The van der Waals surface area contributed by atoms with Gasteiger partial charge < -0.3 is 4.74 Å². The van der Waals surface area contributed by atoms with Gasteiger partial charge in [0.1, 0.15) is 6.73 Å². The maximum atomic E-state index is 12.1. The van der Waals surface area contributed by atoms with Crippen molar-refractivity contribution in [3.05, 3.63) is 40.9 Å². The maximum Gasteiger partial charge on any atom is 0.225 e. The highest BCUT2D eigenvalue weighted by Crippen LogP contribution is 2.33. The summed E-state index contributed by atoms with van der Waals surface area (Å²) in [6.45, 7) is 10.4. The van der Waals surface area contributed by atoms with Gasteiger partial charge in [0.2, 0.25) is 5.91 Å². The second kappa shape index (κ2) is 9.65. The minimum Gasteiger partial charge on any atom is -0.361 e. The van der Waals surface area contributed by atoms with Crippen LogP contribution in [0.1, 0.15) is 44.7 Å². The molecule has 0 saturated carbocycles. The molecule has 0 heterocycles. The predicted molar refractivity (Wildman–Crippen MR) is 93.6 cm³/mol. The summed E-state index contributed by atoms with van der Waals surface area (Å²) < 4.78 is 5.66. The lowest BCUT2D eigenvalue weighted by molar-refractivity contribution is -0.117. The highest BCUT2D eigenvalue weighted by Gasteiger charge is 2.20. The molecule has 0 spiro atoms. The van der Waals surface area contributed by atoms with E-state index in [-0.39, 0.29) is 12.6 Å². The molecule has 1 aromatic rings. The molecule has 0 unspecified atom stereocenters. The predicted octanol–water partition coefficient (Wildman–Crippen LogP) is 4.76. The molecule has 0 fully saturated rings. The van der Waals surface area contributed by atoms with Gasteiger partial charge in [-0.15, -0.1) is 6.58 Å². The number of hydrogen-bond donors (Lipinski definition) is 0. The number of unbranched alkanes of at least 4 members (excludes halogenated alkanes) is 1. The summed E-state index contributed by atoms with van der Waals surface area (Å²) in [6.07, 6.45) is 5.35. The lowest BCUT2D eigenvalue weighted by Crippen LogP contribution is -2.33. The Morgan fingerprint density at radius 1 is 1.41 bits per heavy atom. The van der Waals surface area contributed by atoms with E-state index >= 15 is 0 Å². The average Bonchev–Trinajstić information content (AvgIpc) is 2.49. The summed E-state index contributed by atoms with van der Waals surface area (Å²) in [7, 11) is 0. The van der Waals surface area contributed by atoms with Gasteiger partial charge in [-0.05, 0) is 36.5 Å². The summed E-state index contributed by atoms with van der Waals surface area (Å²) in [4.78, 5) is 13.8. The Kier molecular flexibility index (Phi) is 8.21. The zero-order valence-electron chi connectivity index (χ0n) is 13.8. The van der Waals surface area contributed by atoms with Crippen molar-refractivity contribution in [1.29, 1.82) is 0 Å². The van der Waals surface area contributed by atoms with Gasteiger partial charge in [-0.1, -0.05) is 44.0 Å². The van der Waals surface area contributed by atoms with Crippen molar-refractivity contribution in [2.45, 2.75) is 46.5 Å². The fraction of sp³-hybridized carbons (Fsp3) is 0.500. The molecule has 0 aromatic heterocycles. The Balaban J connectivity index is 3.17. The zero-order valence-corrected chi connectivity index (χ0v) is 14.6. The molecule has 0 saturated heterocycles. The second-order valence-corrected chi connectivity index (χ2v) is 5.63. The molecule has 1 rings (SSSR count). The van der Waals surface area contributed by atoms with Crippen LogP contribution in [0, 0.1) is 0 Å². The van der Waals surface area contributed by atoms with Crippen LogP contribution in [0.15, 0.2) is 24.8 Å². The average molecular weight is 324 g/mol. The first-order chi connectivity index (χ1) is 10.6. The molecule has 0 N–H and O–H groups in total. The number of rotatable bonds is 9. The quantitative estimate of drug-likeness (QED) is 0.372. The van der Waals surface area contributed by atoms with Crippen LogP contribution in [-0.2, 0) is 22.4 Å².